The molecule has 0 radical (unpaired) electrons. The average molecular weight is 317 g/mol. The molecule has 0 aromatic heterocycles. The summed E-state index contributed by atoms with van der Waals surface area (Å²) in [5.74, 6) is -1.12. The Kier molecular flexibility index (Phi) is 5.51. The van der Waals surface area contributed by atoms with Gasteiger partial charge in [-0.15, -0.1) is 0 Å². The number of nitrogens with one attached hydrogen (secondary N) is 1. The quantitative estimate of drug-likeness (QED) is 0.666. The maximum Gasteiger partial charge on any atom is 0.337 e. The number of methoxy groups -OCH3 is 2. The van der Waals surface area contributed by atoms with Crippen LogP contribution in [0.15, 0.2) is 30.4 Å². The number of anilines is 1. The smallest absolute Gasteiger partial charge is 0.337 e. The Morgan fingerprint density at radius 3 is 2.17 bits per heavy atom. The number of rotatable bonds is 5. The normalized spacial score (nSPS) is 16.0. The highest BCUT2D eigenvalue weighted by Gasteiger charge is 2.17. The Morgan fingerprint density at radius 1 is 1.09 bits per heavy atom. The monoisotopic (exact) mass is 317 g/mol. The van der Waals surface area contributed by atoms with E-state index >= 15 is 0 Å². The zero-order valence-electron chi connectivity index (χ0n) is 13.1. The van der Waals surface area contributed by atoms with Gasteiger partial charge in [0.2, 0.25) is 5.91 Å². The molecule has 6 heteroatoms. The van der Waals surface area contributed by atoms with Gasteiger partial charge in [-0.2, -0.15) is 0 Å². The van der Waals surface area contributed by atoms with Gasteiger partial charge in [0.1, 0.15) is 0 Å². The number of amides is 1. The number of hydrogen-bond acceptors (Lipinski definition) is 5. The van der Waals surface area contributed by atoms with Crippen molar-refractivity contribution in [3.8, 4) is 0 Å². The van der Waals surface area contributed by atoms with Crippen LogP contribution in [0.1, 0.15) is 40.0 Å². The Hall–Kier alpha value is -2.63. The van der Waals surface area contributed by atoms with Gasteiger partial charge >= 0.3 is 11.9 Å². The van der Waals surface area contributed by atoms with E-state index in [0.29, 0.717) is 12.1 Å². The van der Waals surface area contributed by atoms with Gasteiger partial charge < -0.3 is 14.8 Å². The first-order valence-corrected chi connectivity index (χ1v) is 7.31. The van der Waals surface area contributed by atoms with Gasteiger partial charge in [-0.1, -0.05) is 12.2 Å². The Morgan fingerprint density at radius 2 is 1.70 bits per heavy atom. The van der Waals surface area contributed by atoms with E-state index in [1.807, 2.05) is 6.08 Å². The molecule has 0 bridgehead atoms. The molecular weight excluding hydrogens is 298 g/mol. The molecule has 0 aliphatic heterocycles. The fourth-order valence-electron chi connectivity index (χ4n) is 2.49. The van der Waals surface area contributed by atoms with Crippen molar-refractivity contribution >= 4 is 23.5 Å². The molecule has 0 saturated carbocycles. The van der Waals surface area contributed by atoms with Crippen LogP contribution in [0.4, 0.5) is 5.69 Å². The lowest BCUT2D eigenvalue weighted by atomic mass is 10.0. The third kappa shape index (κ3) is 4.42. The van der Waals surface area contributed by atoms with Crippen molar-refractivity contribution < 1.29 is 23.9 Å². The van der Waals surface area contributed by atoms with Crippen LogP contribution in [0.3, 0.4) is 0 Å². The molecule has 0 spiro atoms. The fourth-order valence-corrected chi connectivity index (χ4v) is 2.49. The molecule has 6 nitrogen and oxygen atoms in total. The van der Waals surface area contributed by atoms with Crippen molar-refractivity contribution in [3.05, 3.63) is 41.5 Å². The molecule has 1 aromatic rings. The number of carbonyl (C=O) groups excluding carboxylic acids is 3. The lowest BCUT2D eigenvalue weighted by Gasteiger charge is -2.11. The molecule has 1 aromatic carbocycles. The molecular formula is C17H19NO5. The summed E-state index contributed by atoms with van der Waals surface area (Å²) in [6, 6.07) is 4.31. The molecule has 0 heterocycles. The minimum atomic E-state index is -0.593. The van der Waals surface area contributed by atoms with Gasteiger partial charge in [0.15, 0.2) is 0 Å². The van der Waals surface area contributed by atoms with E-state index in [2.05, 4.69) is 20.9 Å². The Bertz CT molecular complexity index is 616. The van der Waals surface area contributed by atoms with Crippen LogP contribution in [-0.2, 0) is 14.3 Å². The maximum absolute atomic E-state index is 12.1. The first kappa shape index (κ1) is 16.7. The van der Waals surface area contributed by atoms with Gasteiger partial charge in [-0.05, 0) is 37.0 Å². The first-order chi connectivity index (χ1) is 11.0. The molecule has 2 rings (SSSR count). The number of allylic oxidation sites excluding steroid dienone is 2. The lowest BCUT2D eigenvalue weighted by molar-refractivity contribution is -0.116. The number of esters is 2. The van der Waals surface area contributed by atoms with E-state index in [1.54, 1.807) is 0 Å². The largest absolute Gasteiger partial charge is 0.465 e. The predicted octanol–water partition coefficient (Wildman–Crippen LogP) is 2.55. The van der Waals surface area contributed by atoms with Crippen molar-refractivity contribution in [1.29, 1.82) is 0 Å². The second kappa shape index (κ2) is 7.58. The van der Waals surface area contributed by atoms with E-state index in [1.165, 1.54) is 32.4 Å². The minimum Gasteiger partial charge on any atom is -0.465 e. The molecule has 1 amide bonds. The number of ether oxygens (including phenoxy) is 2. The van der Waals surface area contributed by atoms with Crippen molar-refractivity contribution in [3.63, 3.8) is 0 Å². The summed E-state index contributed by atoms with van der Waals surface area (Å²) >= 11 is 0. The van der Waals surface area contributed by atoms with Gasteiger partial charge in [-0.3, -0.25) is 4.79 Å². The van der Waals surface area contributed by atoms with E-state index < -0.39 is 11.9 Å². The van der Waals surface area contributed by atoms with Gasteiger partial charge in [0.25, 0.3) is 0 Å². The summed E-state index contributed by atoms with van der Waals surface area (Å²) in [7, 11) is 2.50. The van der Waals surface area contributed by atoms with Gasteiger partial charge in [-0.25, -0.2) is 9.59 Å². The van der Waals surface area contributed by atoms with E-state index in [4.69, 9.17) is 0 Å². The Labute approximate surface area is 134 Å². The summed E-state index contributed by atoms with van der Waals surface area (Å²) < 4.78 is 9.32. The van der Waals surface area contributed by atoms with Crippen LogP contribution < -0.4 is 5.32 Å². The first-order valence-electron chi connectivity index (χ1n) is 7.31. The topological polar surface area (TPSA) is 81.7 Å². The number of hydrogen-bond donors (Lipinski definition) is 1. The average Bonchev–Trinajstić information content (AvgIpc) is 3.05. The standard InChI is InChI=1S/C17H19NO5/c1-22-16(20)12-8-13(17(21)23-2)10-14(9-12)18-15(19)7-11-5-3-4-6-11/h3,5,8-11H,4,6-7H2,1-2H3,(H,18,19). The molecule has 1 N–H and O–H groups in total. The molecule has 1 atom stereocenters. The Balaban J connectivity index is 2.18. The second-order valence-corrected chi connectivity index (χ2v) is 5.30. The molecule has 0 fully saturated rings. The number of benzene rings is 1. The van der Waals surface area contributed by atoms with Crippen LogP contribution in [0.2, 0.25) is 0 Å². The summed E-state index contributed by atoms with van der Waals surface area (Å²) in [6.07, 6.45) is 6.41. The summed E-state index contributed by atoms with van der Waals surface area (Å²) in [5.41, 5.74) is 0.707. The van der Waals surface area contributed by atoms with Crippen molar-refractivity contribution in [2.45, 2.75) is 19.3 Å². The van der Waals surface area contributed by atoms with Crippen LogP contribution in [0, 0.1) is 5.92 Å². The third-order valence-electron chi connectivity index (χ3n) is 3.62. The zero-order chi connectivity index (χ0) is 16.8. The highest BCUT2D eigenvalue weighted by atomic mass is 16.5. The van der Waals surface area contributed by atoms with Crippen molar-refractivity contribution in [1.82, 2.24) is 0 Å². The lowest BCUT2D eigenvalue weighted by Crippen LogP contribution is -2.16. The van der Waals surface area contributed by atoms with E-state index in [-0.39, 0.29) is 23.0 Å². The van der Waals surface area contributed by atoms with Crippen molar-refractivity contribution in [2.75, 3.05) is 19.5 Å². The van der Waals surface area contributed by atoms with Crippen LogP contribution >= 0.6 is 0 Å². The second-order valence-electron chi connectivity index (χ2n) is 5.30. The maximum atomic E-state index is 12.1. The molecule has 1 unspecified atom stereocenters. The summed E-state index contributed by atoms with van der Waals surface area (Å²) in [4.78, 5) is 35.5. The number of carbonyl (C=O) groups is 3. The summed E-state index contributed by atoms with van der Waals surface area (Å²) in [5, 5.41) is 2.72. The minimum absolute atomic E-state index is 0.167. The summed E-state index contributed by atoms with van der Waals surface area (Å²) in [6.45, 7) is 0. The van der Waals surface area contributed by atoms with E-state index in [0.717, 1.165) is 12.8 Å². The predicted molar refractivity (Wildman–Crippen MR) is 84.2 cm³/mol. The van der Waals surface area contributed by atoms with Crippen LogP contribution in [0.5, 0.6) is 0 Å². The van der Waals surface area contributed by atoms with Gasteiger partial charge in [0.05, 0.1) is 25.3 Å². The third-order valence-corrected chi connectivity index (χ3v) is 3.62. The fraction of sp³-hybridized carbons (Fsp3) is 0.353. The van der Waals surface area contributed by atoms with Crippen molar-refractivity contribution in [2.24, 2.45) is 5.92 Å². The van der Waals surface area contributed by atoms with E-state index in [9.17, 15) is 14.4 Å². The highest BCUT2D eigenvalue weighted by molar-refractivity contribution is 5.99. The molecule has 1 aliphatic rings. The molecule has 1 aliphatic carbocycles. The SMILES string of the molecule is COC(=O)c1cc(NC(=O)CC2C=CCC2)cc(C(=O)OC)c1. The zero-order valence-corrected chi connectivity index (χ0v) is 13.1. The molecule has 122 valence electrons. The molecule has 23 heavy (non-hydrogen) atoms. The van der Waals surface area contributed by atoms with Crippen LogP contribution in [0.25, 0.3) is 0 Å². The van der Waals surface area contributed by atoms with Crippen LogP contribution in [-0.4, -0.2) is 32.1 Å². The van der Waals surface area contributed by atoms with Gasteiger partial charge in [0, 0.05) is 12.1 Å². The molecule has 0 saturated heterocycles. The highest BCUT2D eigenvalue weighted by Crippen LogP contribution is 2.22.